The second-order valence-corrected chi connectivity index (χ2v) is 6.18. The van der Waals surface area contributed by atoms with Gasteiger partial charge in [0.05, 0.1) is 6.04 Å². The number of carbonyl (C=O) groups excluding carboxylic acids is 1. The summed E-state index contributed by atoms with van der Waals surface area (Å²) >= 11 is 0. The van der Waals surface area contributed by atoms with Gasteiger partial charge in [0.15, 0.2) is 0 Å². The average Bonchev–Trinajstić information content (AvgIpc) is 2.90. The fourth-order valence-corrected chi connectivity index (χ4v) is 3.35. The fourth-order valence-electron chi connectivity index (χ4n) is 3.35. The number of hydrogen-bond donors (Lipinski definition) is 2. The Kier molecular flexibility index (Phi) is 4.24. The molecule has 0 spiro atoms. The molecule has 0 radical (unpaired) electrons. The van der Waals surface area contributed by atoms with Gasteiger partial charge in [-0.25, -0.2) is 4.79 Å². The van der Waals surface area contributed by atoms with E-state index >= 15 is 0 Å². The Morgan fingerprint density at radius 1 is 1.00 bits per heavy atom. The molecule has 0 aliphatic heterocycles. The molecule has 0 aromatic heterocycles. The molecule has 1 unspecified atom stereocenters. The maximum absolute atomic E-state index is 12.2. The summed E-state index contributed by atoms with van der Waals surface area (Å²) < 4.78 is 0. The predicted molar refractivity (Wildman–Crippen MR) is 80.4 cm³/mol. The van der Waals surface area contributed by atoms with Gasteiger partial charge in [-0.3, -0.25) is 0 Å². The van der Waals surface area contributed by atoms with E-state index < -0.39 is 0 Å². The molecule has 2 aliphatic rings. The zero-order chi connectivity index (χ0) is 13.8. The van der Waals surface area contributed by atoms with Crippen LogP contribution in [-0.2, 0) is 0 Å². The molecule has 3 heteroatoms. The first-order valence-corrected chi connectivity index (χ1v) is 7.95. The van der Waals surface area contributed by atoms with Crippen LogP contribution < -0.4 is 10.6 Å². The van der Waals surface area contributed by atoms with Gasteiger partial charge in [0.2, 0.25) is 0 Å². The summed E-state index contributed by atoms with van der Waals surface area (Å²) in [7, 11) is 0. The smallest absolute Gasteiger partial charge is 0.315 e. The molecule has 3 nitrogen and oxygen atoms in total. The molecule has 3 rings (SSSR count). The molecule has 1 atom stereocenters. The molecular weight excluding hydrogens is 248 g/mol. The number of nitrogens with one attached hydrogen (secondary N) is 2. The third-order valence-corrected chi connectivity index (χ3v) is 4.76. The van der Waals surface area contributed by atoms with Crippen molar-refractivity contribution in [3.63, 3.8) is 0 Å². The summed E-state index contributed by atoms with van der Waals surface area (Å²) in [6.45, 7) is 0. The third-order valence-electron chi connectivity index (χ3n) is 4.76. The highest BCUT2D eigenvalue weighted by molar-refractivity contribution is 5.74. The van der Waals surface area contributed by atoms with E-state index in [1.54, 1.807) is 0 Å². The summed E-state index contributed by atoms with van der Waals surface area (Å²) in [5.74, 6) is 0.603. The van der Waals surface area contributed by atoms with Gasteiger partial charge in [-0.15, -0.1) is 0 Å². The number of rotatable bonds is 4. The van der Waals surface area contributed by atoms with E-state index in [1.807, 2.05) is 6.07 Å². The predicted octanol–water partition coefficient (Wildman–Crippen LogP) is 3.77. The van der Waals surface area contributed by atoms with Crippen LogP contribution in [0.4, 0.5) is 4.79 Å². The van der Waals surface area contributed by atoms with E-state index in [9.17, 15) is 4.79 Å². The second kappa shape index (κ2) is 6.29. The average molecular weight is 272 g/mol. The summed E-state index contributed by atoms with van der Waals surface area (Å²) in [5, 5.41) is 6.34. The topological polar surface area (TPSA) is 41.1 Å². The van der Waals surface area contributed by atoms with E-state index in [4.69, 9.17) is 0 Å². The summed E-state index contributed by atoms with van der Waals surface area (Å²) in [5.41, 5.74) is 1.23. The fraction of sp³-hybridized carbons (Fsp3) is 0.588. The zero-order valence-corrected chi connectivity index (χ0v) is 12.0. The highest BCUT2D eigenvalue weighted by Gasteiger charge is 2.30. The number of carbonyl (C=O) groups is 1. The molecule has 1 aromatic carbocycles. The molecule has 0 heterocycles. The van der Waals surface area contributed by atoms with E-state index in [2.05, 4.69) is 34.9 Å². The van der Waals surface area contributed by atoms with Crippen LogP contribution in [0.2, 0.25) is 0 Å². The maximum atomic E-state index is 12.2. The van der Waals surface area contributed by atoms with Crippen molar-refractivity contribution < 1.29 is 4.79 Å². The number of hydrogen-bond acceptors (Lipinski definition) is 1. The van der Waals surface area contributed by atoms with Crippen LogP contribution in [0.5, 0.6) is 0 Å². The molecule has 2 N–H and O–H groups in total. The van der Waals surface area contributed by atoms with Crippen molar-refractivity contribution >= 4 is 6.03 Å². The Morgan fingerprint density at radius 3 is 2.30 bits per heavy atom. The molecule has 2 saturated carbocycles. The Bertz CT molecular complexity index is 436. The van der Waals surface area contributed by atoms with Gasteiger partial charge in [-0.05, 0) is 37.2 Å². The van der Waals surface area contributed by atoms with Crippen LogP contribution in [0.1, 0.15) is 56.6 Å². The summed E-state index contributed by atoms with van der Waals surface area (Å²) in [6, 6.07) is 10.9. The van der Waals surface area contributed by atoms with Gasteiger partial charge in [0, 0.05) is 6.04 Å². The van der Waals surface area contributed by atoms with Crippen LogP contribution >= 0.6 is 0 Å². The number of urea groups is 1. The maximum Gasteiger partial charge on any atom is 0.315 e. The van der Waals surface area contributed by atoms with Gasteiger partial charge in [-0.2, -0.15) is 0 Å². The quantitative estimate of drug-likeness (QED) is 0.860. The molecule has 2 aliphatic carbocycles. The third kappa shape index (κ3) is 3.14. The molecule has 0 bridgehead atoms. The van der Waals surface area contributed by atoms with E-state index in [0.29, 0.717) is 12.0 Å². The lowest BCUT2D eigenvalue weighted by Gasteiger charge is -2.35. The van der Waals surface area contributed by atoms with Crippen molar-refractivity contribution in [2.75, 3.05) is 0 Å². The molecule has 20 heavy (non-hydrogen) atoms. The van der Waals surface area contributed by atoms with Crippen LogP contribution in [-0.4, -0.2) is 12.1 Å². The summed E-state index contributed by atoms with van der Waals surface area (Å²) in [4.78, 5) is 12.2. The van der Waals surface area contributed by atoms with Gasteiger partial charge in [0.1, 0.15) is 0 Å². The van der Waals surface area contributed by atoms with E-state index in [1.165, 1.54) is 37.7 Å². The SMILES string of the molecule is O=C(NC1CCCC1)NC(c1ccccc1)C1CCC1. The van der Waals surface area contributed by atoms with Crippen molar-refractivity contribution in [3.05, 3.63) is 35.9 Å². The Balaban J connectivity index is 1.62. The number of benzene rings is 1. The lowest BCUT2D eigenvalue weighted by atomic mass is 9.77. The van der Waals surface area contributed by atoms with Gasteiger partial charge >= 0.3 is 6.03 Å². The standard InChI is InChI=1S/C17H24N2O/c20-17(18-15-11-4-5-12-15)19-16(14-9-6-10-14)13-7-2-1-3-8-13/h1-3,7-8,14-16H,4-6,9-12H2,(H2,18,19,20). The Hall–Kier alpha value is -1.51. The van der Waals surface area contributed by atoms with Crippen LogP contribution in [0.25, 0.3) is 0 Å². The lowest BCUT2D eigenvalue weighted by molar-refractivity contribution is 0.205. The molecular formula is C17H24N2O. The largest absolute Gasteiger partial charge is 0.335 e. The van der Waals surface area contributed by atoms with Gasteiger partial charge in [-0.1, -0.05) is 49.6 Å². The van der Waals surface area contributed by atoms with Crippen molar-refractivity contribution in [1.29, 1.82) is 0 Å². The minimum Gasteiger partial charge on any atom is -0.335 e. The first kappa shape index (κ1) is 13.5. The second-order valence-electron chi connectivity index (χ2n) is 6.18. The number of amides is 2. The van der Waals surface area contributed by atoms with Crippen LogP contribution in [0.3, 0.4) is 0 Å². The molecule has 2 fully saturated rings. The summed E-state index contributed by atoms with van der Waals surface area (Å²) in [6.07, 6.45) is 8.50. The highest BCUT2D eigenvalue weighted by Crippen LogP contribution is 2.37. The van der Waals surface area contributed by atoms with Gasteiger partial charge in [0.25, 0.3) is 0 Å². The first-order chi connectivity index (χ1) is 9.83. The van der Waals surface area contributed by atoms with Crippen molar-refractivity contribution in [2.45, 2.75) is 57.0 Å². The lowest BCUT2D eigenvalue weighted by Crippen LogP contribution is -2.45. The minimum absolute atomic E-state index is 0.0117. The molecule has 2 amide bonds. The Morgan fingerprint density at radius 2 is 1.70 bits per heavy atom. The van der Waals surface area contributed by atoms with E-state index in [-0.39, 0.29) is 12.1 Å². The molecule has 1 aromatic rings. The van der Waals surface area contributed by atoms with E-state index in [0.717, 1.165) is 12.8 Å². The monoisotopic (exact) mass is 272 g/mol. The highest BCUT2D eigenvalue weighted by atomic mass is 16.2. The molecule has 108 valence electrons. The zero-order valence-electron chi connectivity index (χ0n) is 12.0. The Labute approximate surface area is 121 Å². The normalized spacial score (nSPS) is 21.2. The van der Waals surface area contributed by atoms with Gasteiger partial charge < -0.3 is 10.6 Å². The first-order valence-electron chi connectivity index (χ1n) is 7.95. The van der Waals surface area contributed by atoms with Crippen molar-refractivity contribution in [3.8, 4) is 0 Å². The van der Waals surface area contributed by atoms with Crippen LogP contribution in [0.15, 0.2) is 30.3 Å². The van der Waals surface area contributed by atoms with Crippen molar-refractivity contribution in [2.24, 2.45) is 5.92 Å². The minimum atomic E-state index is 0.0117. The molecule has 0 saturated heterocycles. The van der Waals surface area contributed by atoms with Crippen molar-refractivity contribution in [1.82, 2.24) is 10.6 Å². The van der Waals surface area contributed by atoms with Crippen LogP contribution in [0, 0.1) is 5.92 Å².